The molecule has 0 aliphatic rings. The molecular weight excluding hydrogens is 240 g/mol. The molecule has 0 saturated heterocycles. The van der Waals surface area contributed by atoms with Crippen molar-refractivity contribution in [1.82, 2.24) is 15.1 Å². The summed E-state index contributed by atoms with van der Waals surface area (Å²) in [5.41, 5.74) is 8.65. The number of nitrogens with two attached hydrogens (primary N) is 1. The maximum absolute atomic E-state index is 11.9. The van der Waals surface area contributed by atoms with Gasteiger partial charge in [0.1, 0.15) is 11.4 Å². The summed E-state index contributed by atoms with van der Waals surface area (Å²) in [6, 6.07) is 8.15. The first-order valence-electron chi connectivity index (χ1n) is 6.19. The summed E-state index contributed by atoms with van der Waals surface area (Å²) in [6.07, 6.45) is 2.29. The van der Waals surface area contributed by atoms with Crippen LogP contribution in [0.4, 0.5) is 5.82 Å². The van der Waals surface area contributed by atoms with E-state index in [1.807, 2.05) is 12.1 Å². The monoisotopic (exact) mass is 258 g/mol. The third-order valence-electron chi connectivity index (χ3n) is 3.17. The number of hydrogen-bond donors (Lipinski definition) is 2. The standard InChI is InChI=1S/C14H18N4O/c1-10-5-3-4-6-11(10)7-8-16-14(19)12-9-17-18(2)13(12)15/h3-6,9H,7-8,15H2,1-2H3,(H,16,19). The fourth-order valence-electron chi connectivity index (χ4n) is 1.92. The summed E-state index contributed by atoms with van der Waals surface area (Å²) < 4.78 is 1.48. The van der Waals surface area contributed by atoms with Crippen LogP contribution in [0.3, 0.4) is 0 Å². The lowest BCUT2D eigenvalue weighted by atomic mass is 10.1. The van der Waals surface area contributed by atoms with Gasteiger partial charge in [0.05, 0.1) is 6.20 Å². The molecule has 19 heavy (non-hydrogen) atoms. The summed E-state index contributed by atoms with van der Waals surface area (Å²) in [5, 5.41) is 6.80. The highest BCUT2D eigenvalue weighted by Crippen LogP contribution is 2.09. The summed E-state index contributed by atoms with van der Waals surface area (Å²) in [5.74, 6) is 0.201. The highest BCUT2D eigenvalue weighted by atomic mass is 16.1. The summed E-state index contributed by atoms with van der Waals surface area (Å²) in [7, 11) is 1.71. The predicted octanol–water partition coefficient (Wildman–Crippen LogP) is 1.28. The van der Waals surface area contributed by atoms with Gasteiger partial charge in [0.2, 0.25) is 0 Å². The molecule has 0 bridgehead atoms. The van der Waals surface area contributed by atoms with Crippen LogP contribution in [0.25, 0.3) is 0 Å². The molecule has 0 spiro atoms. The van der Waals surface area contributed by atoms with Crippen molar-refractivity contribution >= 4 is 11.7 Å². The molecule has 0 unspecified atom stereocenters. The summed E-state index contributed by atoms with van der Waals surface area (Å²) >= 11 is 0. The number of rotatable bonds is 4. The number of anilines is 1. The van der Waals surface area contributed by atoms with Gasteiger partial charge in [-0.2, -0.15) is 5.10 Å². The number of carbonyl (C=O) groups is 1. The van der Waals surface area contributed by atoms with E-state index in [4.69, 9.17) is 5.73 Å². The molecule has 0 atom stereocenters. The number of nitrogens with zero attached hydrogens (tertiary/aromatic N) is 2. The third-order valence-corrected chi connectivity index (χ3v) is 3.17. The Bertz CT molecular complexity index is 589. The second-order valence-electron chi connectivity index (χ2n) is 4.50. The molecule has 3 N–H and O–H groups in total. The minimum absolute atomic E-state index is 0.181. The van der Waals surface area contributed by atoms with Crippen molar-refractivity contribution in [3.05, 3.63) is 47.2 Å². The lowest BCUT2D eigenvalue weighted by Gasteiger charge is -2.07. The first kappa shape index (κ1) is 13.1. The zero-order valence-electron chi connectivity index (χ0n) is 11.2. The molecule has 1 aromatic carbocycles. The SMILES string of the molecule is Cc1ccccc1CCNC(=O)c1cnn(C)c1N. The lowest BCUT2D eigenvalue weighted by molar-refractivity contribution is 0.0955. The highest BCUT2D eigenvalue weighted by Gasteiger charge is 2.12. The van der Waals surface area contributed by atoms with Gasteiger partial charge < -0.3 is 11.1 Å². The van der Waals surface area contributed by atoms with Crippen LogP contribution in [0.1, 0.15) is 21.5 Å². The number of benzene rings is 1. The Balaban J connectivity index is 1.91. The summed E-state index contributed by atoms with van der Waals surface area (Å²) in [4.78, 5) is 11.9. The fraction of sp³-hybridized carbons (Fsp3) is 0.286. The minimum atomic E-state index is -0.181. The van der Waals surface area contributed by atoms with Crippen LogP contribution in [0.5, 0.6) is 0 Å². The minimum Gasteiger partial charge on any atom is -0.383 e. The Morgan fingerprint density at radius 1 is 1.42 bits per heavy atom. The van der Waals surface area contributed by atoms with Crippen LogP contribution < -0.4 is 11.1 Å². The van der Waals surface area contributed by atoms with Crippen molar-refractivity contribution in [2.45, 2.75) is 13.3 Å². The average Bonchev–Trinajstić information content (AvgIpc) is 2.72. The normalized spacial score (nSPS) is 10.4. The first-order valence-corrected chi connectivity index (χ1v) is 6.19. The first-order chi connectivity index (χ1) is 9.09. The van der Waals surface area contributed by atoms with E-state index in [2.05, 4.69) is 29.5 Å². The Morgan fingerprint density at radius 2 is 2.16 bits per heavy atom. The van der Waals surface area contributed by atoms with E-state index in [0.29, 0.717) is 17.9 Å². The van der Waals surface area contributed by atoms with Crippen molar-refractivity contribution in [2.24, 2.45) is 7.05 Å². The largest absolute Gasteiger partial charge is 0.383 e. The third kappa shape index (κ3) is 2.93. The van der Waals surface area contributed by atoms with Gasteiger partial charge in [0.15, 0.2) is 0 Å². The summed E-state index contributed by atoms with van der Waals surface area (Å²) in [6.45, 7) is 2.65. The number of carbonyl (C=O) groups excluding carboxylic acids is 1. The van der Waals surface area contributed by atoms with Gasteiger partial charge in [-0.3, -0.25) is 9.48 Å². The molecule has 0 aliphatic carbocycles. The van der Waals surface area contributed by atoms with Crippen molar-refractivity contribution in [1.29, 1.82) is 0 Å². The van der Waals surface area contributed by atoms with Crippen molar-refractivity contribution < 1.29 is 4.79 Å². The molecule has 0 aliphatic heterocycles. The number of nitrogen functional groups attached to an aromatic ring is 1. The number of aryl methyl sites for hydroxylation is 2. The van der Waals surface area contributed by atoms with E-state index in [-0.39, 0.29) is 5.91 Å². The predicted molar refractivity (Wildman–Crippen MR) is 74.8 cm³/mol. The number of nitrogens with one attached hydrogen (secondary N) is 1. The number of amides is 1. The maximum atomic E-state index is 11.9. The van der Waals surface area contributed by atoms with Gasteiger partial charge in [-0.05, 0) is 24.5 Å². The Labute approximate surface area is 112 Å². The molecule has 5 nitrogen and oxygen atoms in total. The number of aromatic nitrogens is 2. The van der Waals surface area contributed by atoms with Crippen molar-refractivity contribution in [3.63, 3.8) is 0 Å². The number of hydrogen-bond acceptors (Lipinski definition) is 3. The van der Waals surface area contributed by atoms with Gasteiger partial charge in [-0.1, -0.05) is 24.3 Å². The van der Waals surface area contributed by atoms with E-state index in [9.17, 15) is 4.79 Å². The average molecular weight is 258 g/mol. The van der Waals surface area contributed by atoms with E-state index >= 15 is 0 Å². The van der Waals surface area contributed by atoms with E-state index < -0.39 is 0 Å². The quantitative estimate of drug-likeness (QED) is 0.867. The van der Waals surface area contributed by atoms with Gasteiger partial charge in [-0.15, -0.1) is 0 Å². The topological polar surface area (TPSA) is 72.9 Å². The lowest BCUT2D eigenvalue weighted by Crippen LogP contribution is -2.26. The molecule has 100 valence electrons. The van der Waals surface area contributed by atoms with Crippen LogP contribution in [0.15, 0.2) is 30.5 Å². The highest BCUT2D eigenvalue weighted by molar-refractivity contribution is 5.98. The smallest absolute Gasteiger partial charge is 0.256 e. The molecule has 1 aromatic heterocycles. The fourth-order valence-corrected chi connectivity index (χ4v) is 1.92. The molecule has 1 amide bonds. The maximum Gasteiger partial charge on any atom is 0.256 e. The van der Waals surface area contributed by atoms with Crippen molar-refractivity contribution in [2.75, 3.05) is 12.3 Å². The zero-order valence-corrected chi connectivity index (χ0v) is 11.2. The van der Waals surface area contributed by atoms with Crippen molar-refractivity contribution in [3.8, 4) is 0 Å². The van der Waals surface area contributed by atoms with Crippen LogP contribution in [-0.4, -0.2) is 22.2 Å². The van der Waals surface area contributed by atoms with Gasteiger partial charge in [-0.25, -0.2) is 0 Å². The second-order valence-corrected chi connectivity index (χ2v) is 4.50. The van der Waals surface area contributed by atoms with Crippen LogP contribution in [0.2, 0.25) is 0 Å². The van der Waals surface area contributed by atoms with Crippen LogP contribution >= 0.6 is 0 Å². The van der Waals surface area contributed by atoms with Gasteiger partial charge >= 0.3 is 0 Å². The Morgan fingerprint density at radius 3 is 2.79 bits per heavy atom. The van der Waals surface area contributed by atoms with Gasteiger partial charge in [0.25, 0.3) is 5.91 Å². The zero-order chi connectivity index (χ0) is 13.8. The van der Waals surface area contributed by atoms with E-state index in [1.165, 1.54) is 22.0 Å². The molecule has 1 heterocycles. The van der Waals surface area contributed by atoms with Crippen LogP contribution in [0, 0.1) is 6.92 Å². The van der Waals surface area contributed by atoms with E-state index in [0.717, 1.165) is 6.42 Å². The molecule has 0 radical (unpaired) electrons. The molecule has 0 saturated carbocycles. The molecule has 5 heteroatoms. The molecule has 2 aromatic rings. The molecular formula is C14H18N4O. The van der Waals surface area contributed by atoms with Gasteiger partial charge in [0, 0.05) is 13.6 Å². The Hall–Kier alpha value is -2.30. The molecule has 2 rings (SSSR count). The molecule has 0 fully saturated rings. The Kier molecular flexibility index (Phi) is 3.85. The van der Waals surface area contributed by atoms with E-state index in [1.54, 1.807) is 7.05 Å². The second kappa shape index (κ2) is 5.56. The van der Waals surface area contributed by atoms with Crippen LogP contribution in [-0.2, 0) is 13.5 Å².